The summed E-state index contributed by atoms with van der Waals surface area (Å²) in [7, 11) is 0. The van der Waals surface area contributed by atoms with Crippen molar-refractivity contribution in [2.45, 2.75) is 70.4 Å². The largest absolute Gasteiger partial charge is 0.466 e. The molecule has 0 spiro atoms. The minimum atomic E-state index is -0.254. The van der Waals surface area contributed by atoms with E-state index >= 15 is 0 Å². The number of ether oxygens (including phenoxy) is 2. The SMILES string of the molecule is CCOC(=O)CCN(CC1CCCO1)C(=O)NC1CCCCC1. The standard InChI is InChI=1S/C17H30N2O4/c1-2-22-16(20)10-11-19(13-15-9-6-12-23-15)17(21)18-14-7-4-3-5-8-14/h14-15H,2-13H2,1H3,(H,18,21). The maximum atomic E-state index is 12.6. The number of carbonyl (C=O) groups excluding carboxylic acids is 2. The average molecular weight is 326 g/mol. The Labute approximate surface area is 138 Å². The van der Waals surface area contributed by atoms with E-state index in [2.05, 4.69) is 5.32 Å². The van der Waals surface area contributed by atoms with Crippen LogP contribution in [0.4, 0.5) is 4.79 Å². The lowest BCUT2D eigenvalue weighted by molar-refractivity contribution is -0.143. The van der Waals surface area contributed by atoms with Gasteiger partial charge >= 0.3 is 12.0 Å². The smallest absolute Gasteiger partial charge is 0.317 e. The Morgan fingerprint density at radius 2 is 1.96 bits per heavy atom. The summed E-state index contributed by atoms with van der Waals surface area (Å²) in [4.78, 5) is 25.9. The second-order valence-electron chi connectivity index (χ2n) is 6.42. The monoisotopic (exact) mass is 326 g/mol. The Morgan fingerprint density at radius 1 is 1.17 bits per heavy atom. The molecule has 6 nitrogen and oxygen atoms in total. The van der Waals surface area contributed by atoms with E-state index in [1.54, 1.807) is 11.8 Å². The highest BCUT2D eigenvalue weighted by atomic mass is 16.5. The van der Waals surface area contributed by atoms with Crippen LogP contribution in [0.3, 0.4) is 0 Å². The predicted octanol–water partition coefficient (Wildman–Crippen LogP) is 2.46. The van der Waals surface area contributed by atoms with Crippen molar-refractivity contribution in [3.63, 3.8) is 0 Å². The van der Waals surface area contributed by atoms with Gasteiger partial charge in [0.25, 0.3) is 0 Å². The molecule has 1 aliphatic carbocycles. The lowest BCUT2D eigenvalue weighted by Gasteiger charge is -2.29. The number of amides is 2. The summed E-state index contributed by atoms with van der Waals surface area (Å²) < 4.78 is 10.6. The van der Waals surface area contributed by atoms with Gasteiger partial charge < -0.3 is 19.7 Å². The lowest BCUT2D eigenvalue weighted by atomic mass is 9.96. The first kappa shape index (κ1) is 18.0. The van der Waals surface area contributed by atoms with Crippen LogP contribution in [0.1, 0.15) is 58.3 Å². The topological polar surface area (TPSA) is 67.9 Å². The van der Waals surface area contributed by atoms with E-state index in [0.717, 1.165) is 32.3 Å². The molecule has 2 amide bonds. The second-order valence-corrected chi connectivity index (χ2v) is 6.42. The van der Waals surface area contributed by atoms with Gasteiger partial charge in [-0.3, -0.25) is 4.79 Å². The van der Waals surface area contributed by atoms with Gasteiger partial charge in [-0.2, -0.15) is 0 Å². The van der Waals surface area contributed by atoms with Crippen molar-refractivity contribution >= 4 is 12.0 Å². The van der Waals surface area contributed by atoms with Crippen LogP contribution in [0.5, 0.6) is 0 Å². The number of nitrogens with zero attached hydrogens (tertiary/aromatic N) is 1. The minimum Gasteiger partial charge on any atom is -0.466 e. The number of nitrogens with one attached hydrogen (secondary N) is 1. The van der Waals surface area contributed by atoms with Gasteiger partial charge in [0.2, 0.25) is 0 Å². The quantitative estimate of drug-likeness (QED) is 0.730. The zero-order valence-electron chi connectivity index (χ0n) is 14.2. The fourth-order valence-corrected chi connectivity index (χ4v) is 3.28. The maximum Gasteiger partial charge on any atom is 0.317 e. The molecule has 0 bridgehead atoms. The first-order valence-corrected chi connectivity index (χ1v) is 9.01. The van der Waals surface area contributed by atoms with E-state index in [0.29, 0.717) is 19.7 Å². The molecule has 2 aliphatic rings. The summed E-state index contributed by atoms with van der Waals surface area (Å²) in [5.74, 6) is -0.254. The highest BCUT2D eigenvalue weighted by Gasteiger charge is 2.25. The van der Waals surface area contributed by atoms with Gasteiger partial charge in [-0.25, -0.2) is 4.79 Å². The number of hydrogen-bond donors (Lipinski definition) is 1. The Bertz CT molecular complexity index is 377. The Hall–Kier alpha value is -1.30. The minimum absolute atomic E-state index is 0.0725. The molecule has 1 saturated heterocycles. The van der Waals surface area contributed by atoms with E-state index in [1.165, 1.54) is 19.3 Å². The van der Waals surface area contributed by atoms with Crippen LogP contribution in [-0.2, 0) is 14.3 Å². The van der Waals surface area contributed by atoms with Gasteiger partial charge in [-0.1, -0.05) is 19.3 Å². The number of hydrogen-bond acceptors (Lipinski definition) is 4. The van der Waals surface area contributed by atoms with Crippen LogP contribution in [-0.4, -0.2) is 55.3 Å². The Morgan fingerprint density at radius 3 is 2.61 bits per heavy atom. The zero-order chi connectivity index (χ0) is 16.5. The molecule has 0 aromatic heterocycles. The first-order valence-electron chi connectivity index (χ1n) is 9.01. The van der Waals surface area contributed by atoms with Crippen molar-refractivity contribution in [2.75, 3.05) is 26.3 Å². The maximum absolute atomic E-state index is 12.6. The van der Waals surface area contributed by atoms with Gasteiger partial charge in [-0.05, 0) is 32.6 Å². The molecule has 0 aromatic carbocycles. The van der Waals surface area contributed by atoms with Gasteiger partial charge in [0.15, 0.2) is 0 Å². The van der Waals surface area contributed by atoms with E-state index in [4.69, 9.17) is 9.47 Å². The highest BCUT2D eigenvalue weighted by Crippen LogP contribution is 2.18. The van der Waals surface area contributed by atoms with E-state index in [-0.39, 0.29) is 30.6 Å². The molecule has 2 fully saturated rings. The van der Waals surface area contributed by atoms with Crippen molar-refractivity contribution in [3.8, 4) is 0 Å². The predicted molar refractivity (Wildman–Crippen MR) is 87.2 cm³/mol. The molecule has 1 saturated carbocycles. The summed E-state index contributed by atoms with van der Waals surface area (Å²) in [6.07, 6.45) is 8.07. The van der Waals surface area contributed by atoms with Crippen molar-refractivity contribution in [3.05, 3.63) is 0 Å². The van der Waals surface area contributed by atoms with Gasteiger partial charge in [0, 0.05) is 25.7 Å². The summed E-state index contributed by atoms with van der Waals surface area (Å²) in [5.41, 5.74) is 0. The Kier molecular flexibility index (Phi) is 7.65. The normalized spacial score (nSPS) is 21.9. The first-order chi connectivity index (χ1) is 11.2. The summed E-state index contributed by atoms with van der Waals surface area (Å²) in [5, 5.41) is 3.13. The number of rotatable bonds is 7. The van der Waals surface area contributed by atoms with Crippen LogP contribution in [0.25, 0.3) is 0 Å². The third-order valence-electron chi connectivity index (χ3n) is 4.56. The molecule has 1 aliphatic heterocycles. The highest BCUT2D eigenvalue weighted by molar-refractivity contribution is 5.76. The third kappa shape index (κ3) is 6.37. The molecule has 23 heavy (non-hydrogen) atoms. The molecule has 1 N–H and O–H groups in total. The summed E-state index contributed by atoms with van der Waals surface area (Å²) in [6, 6.07) is 0.197. The molecule has 0 radical (unpaired) electrons. The number of urea groups is 1. The van der Waals surface area contributed by atoms with Crippen molar-refractivity contribution < 1.29 is 19.1 Å². The number of esters is 1. The molecule has 1 heterocycles. The molecular formula is C17H30N2O4. The van der Waals surface area contributed by atoms with Gasteiger partial charge in [0.1, 0.15) is 0 Å². The van der Waals surface area contributed by atoms with Crippen molar-refractivity contribution in [1.82, 2.24) is 10.2 Å². The molecule has 2 rings (SSSR count). The fraction of sp³-hybridized carbons (Fsp3) is 0.882. The average Bonchev–Trinajstić information content (AvgIpc) is 3.05. The Balaban J connectivity index is 1.84. The fourth-order valence-electron chi connectivity index (χ4n) is 3.28. The third-order valence-corrected chi connectivity index (χ3v) is 4.56. The van der Waals surface area contributed by atoms with E-state index in [9.17, 15) is 9.59 Å². The molecular weight excluding hydrogens is 296 g/mol. The summed E-state index contributed by atoms with van der Waals surface area (Å²) >= 11 is 0. The van der Waals surface area contributed by atoms with Crippen molar-refractivity contribution in [2.24, 2.45) is 0 Å². The zero-order valence-corrected chi connectivity index (χ0v) is 14.2. The van der Waals surface area contributed by atoms with Crippen LogP contribution >= 0.6 is 0 Å². The summed E-state index contributed by atoms with van der Waals surface area (Å²) in [6.45, 7) is 3.87. The number of carbonyl (C=O) groups is 2. The van der Waals surface area contributed by atoms with Crippen LogP contribution in [0, 0.1) is 0 Å². The van der Waals surface area contributed by atoms with Crippen molar-refractivity contribution in [1.29, 1.82) is 0 Å². The van der Waals surface area contributed by atoms with E-state index in [1.807, 2.05) is 0 Å². The molecule has 1 atom stereocenters. The van der Waals surface area contributed by atoms with Crippen LogP contribution in [0.15, 0.2) is 0 Å². The second kappa shape index (κ2) is 9.75. The molecule has 1 unspecified atom stereocenters. The lowest BCUT2D eigenvalue weighted by Crippen LogP contribution is -2.48. The van der Waals surface area contributed by atoms with E-state index < -0.39 is 0 Å². The van der Waals surface area contributed by atoms with Crippen LogP contribution in [0.2, 0.25) is 0 Å². The van der Waals surface area contributed by atoms with Gasteiger partial charge in [0.05, 0.1) is 19.1 Å². The van der Waals surface area contributed by atoms with Crippen LogP contribution < -0.4 is 5.32 Å². The van der Waals surface area contributed by atoms with Gasteiger partial charge in [-0.15, -0.1) is 0 Å². The molecule has 132 valence electrons. The molecule has 0 aromatic rings. The molecule has 6 heteroatoms.